The smallest absolute Gasteiger partial charge is 0.296 e. The Morgan fingerprint density at radius 2 is 2.09 bits per heavy atom. The first kappa shape index (κ1) is 29.2. The number of anilines is 2. The maximum absolute atomic E-state index is 13.1. The highest BCUT2D eigenvalue weighted by molar-refractivity contribution is 6.03. The van der Waals surface area contributed by atoms with Crippen molar-refractivity contribution in [3.63, 3.8) is 0 Å². The Kier molecular flexibility index (Phi) is 8.61. The molecule has 0 aliphatic carbocycles. The Labute approximate surface area is 245 Å². The van der Waals surface area contributed by atoms with Crippen molar-refractivity contribution in [3.05, 3.63) is 75.7 Å². The summed E-state index contributed by atoms with van der Waals surface area (Å²) in [5, 5.41) is 22.1. The van der Waals surface area contributed by atoms with Crippen molar-refractivity contribution in [1.82, 2.24) is 24.3 Å². The minimum absolute atomic E-state index is 0.0288. The molecule has 15 heteroatoms. The van der Waals surface area contributed by atoms with E-state index in [-0.39, 0.29) is 47.7 Å². The molecule has 1 aliphatic heterocycles. The fraction of sp³-hybridized carbons (Fsp3) is 0.321. The number of aromatic nitrogens is 5. The van der Waals surface area contributed by atoms with Gasteiger partial charge in [-0.05, 0) is 38.1 Å². The van der Waals surface area contributed by atoms with Crippen molar-refractivity contribution in [2.45, 2.75) is 26.9 Å². The average molecular weight is 590 g/mol. The highest BCUT2D eigenvalue weighted by atomic mass is 16.6. The molecule has 0 atom stereocenters. The van der Waals surface area contributed by atoms with Crippen LogP contribution in [0, 0.1) is 23.0 Å². The van der Waals surface area contributed by atoms with Crippen LogP contribution in [0.2, 0.25) is 0 Å². The molecule has 224 valence electrons. The highest BCUT2D eigenvalue weighted by Crippen LogP contribution is 2.36. The summed E-state index contributed by atoms with van der Waals surface area (Å²) in [6.45, 7) is 6.09. The molecule has 4 aromatic rings. The number of nitro groups is 1. The third-order valence-electron chi connectivity index (χ3n) is 6.76. The summed E-state index contributed by atoms with van der Waals surface area (Å²) in [5.74, 6) is -0.531. The third kappa shape index (κ3) is 6.46. The Morgan fingerprint density at radius 1 is 1.28 bits per heavy atom. The van der Waals surface area contributed by atoms with Crippen LogP contribution in [0.15, 0.2) is 48.7 Å². The molecule has 0 radical (unpaired) electrons. The number of ether oxygens (including phenoxy) is 2. The van der Waals surface area contributed by atoms with Crippen LogP contribution in [0.1, 0.15) is 33.5 Å². The van der Waals surface area contributed by atoms with Crippen molar-refractivity contribution in [3.8, 4) is 5.75 Å². The molecule has 1 aromatic carbocycles. The first-order valence-corrected chi connectivity index (χ1v) is 13.6. The van der Waals surface area contributed by atoms with Crippen molar-refractivity contribution in [2.24, 2.45) is 11.7 Å². The number of nitrogens with zero attached hydrogens (tertiary/aromatic N) is 6. The van der Waals surface area contributed by atoms with Gasteiger partial charge in [0.2, 0.25) is 11.9 Å². The molecule has 0 unspecified atom stereocenters. The summed E-state index contributed by atoms with van der Waals surface area (Å²) in [5.41, 5.74) is 7.49. The number of primary amides is 1. The molecule has 4 N–H and O–H groups in total. The number of rotatable bonds is 13. The summed E-state index contributed by atoms with van der Waals surface area (Å²) in [4.78, 5) is 45.1. The number of carbonyl (C=O) groups excluding carboxylic acids is 2. The summed E-state index contributed by atoms with van der Waals surface area (Å²) in [7, 11) is 0. The predicted octanol–water partition coefficient (Wildman–Crippen LogP) is 2.91. The summed E-state index contributed by atoms with van der Waals surface area (Å²) < 4.78 is 14.4. The zero-order valence-electron chi connectivity index (χ0n) is 23.6. The van der Waals surface area contributed by atoms with Crippen molar-refractivity contribution >= 4 is 40.3 Å². The summed E-state index contributed by atoms with van der Waals surface area (Å²) in [6.07, 6.45) is 5.22. The molecule has 1 fully saturated rings. The second-order valence-corrected chi connectivity index (χ2v) is 9.89. The maximum Gasteiger partial charge on any atom is 0.296 e. The molecule has 4 heterocycles. The number of pyridine rings is 1. The zero-order valence-corrected chi connectivity index (χ0v) is 23.6. The van der Waals surface area contributed by atoms with Gasteiger partial charge in [0, 0.05) is 43.4 Å². The minimum atomic E-state index is -0.801. The Morgan fingerprint density at radius 3 is 2.79 bits per heavy atom. The van der Waals surface area contributed by atoms with Gasteiger partial charge in [-0.1, -0.05) is 12.2 Å². The van der Waals surface area contributed by atoms with E-state index >= 15 is 0 Å². The first-order valence-electron chi connectivity index (χ1n) is 13.6. The van der Waals surface area contributed by atoms with Crippen LogP contribution in [0.5, 0.6) is 5.75 Å². The lowest BCUT2D eigenvalue weighted by molar-refractivity contribution is -0.384. The molecule has 2 amide bonds. The molecular weight excluding hydrogens is 558 g/mol. The largest absolute Gasteiger partial charge is 0.491 e. The van der Waals surface area contributed by atoms with E-state index in [9.17, 15) is 19.7 Å². The van der Waals surface area contributed by atoms with Crippen molar-refractivity contribution in [2.75, 3.05) is 37.0 Å². The van der Waals surface area contributed by atoms with E-state index in [1.54, 1.807) is 39.7 Å². The third-order valence-corrected chi connectivity index (χ3v) is 6.76. The molecule has 15 nitrogen and oxygen atoms in total. The molecule has 1 saturated heterocycles. The minimum Gasteiger partial charge on any atom is -0.491 e. The van der Waals surface area contributed by atoms with Gasteiger partial charge in [-0.15, -0.1) is 0 Å². The van der Waals surface area contributed by atoms with Gasteiger partial charge >= 0.3 is 0 Å². The van der Waals surface area contributed by atoms with E-state index in [2.05, 4.69) is 25.7 Å². The quantitative estimate of drug-likeness (QED) is 0.119. The summed E-state index contributed by atoms with van der Waals surface area (Å²) >= 11 is 0. The molecule has 0 saturated carbocycles. The van der Waals surface area contributed by atoms with E-state index in [1.165, 1.54) is 6.07 Å². The van der Waals surface area contributed by atoms with Gasteiger partial charge < -0.3 is 20.5 Å². The van der Waals surface area contributed by atoms with E-state index in [1.807, 2.05) is 19.9 Å². The number of allylic oxidation sites excluding steroid dienone is 1. The van der Waals surface area contributed by atoms with Crippen LogP contribution in [-0.4, -0.2) is 67.4 Å². The summed E-state index contributed by atoms with van der Waals surface area (Å²) in [6, 6.07) is 7.78. The normalized spacial score (nSPS) is 13.3. The number of aryl methyl sites for hydroxylation is 2. The number of benzene rings is 1. The van der Waals surface area contributed by atoms with Crippen LogP contribution in [0.25, 0.3) is 11.2 Å². The zero-order chi connectivity index (χ0) is 30.5. The molecule has 1 aliphatic rings. The maximum atomic E-state index is 13.1. The molecule has 3 aromatic heterocycles. The van der Waals surface area contributed by atoms with Crippen LogP contribution in [0.4, 0.5) is 17.3 Å². The number of hydrogen-bond donors (Lipinski definition) is 3. The average Bonchev–Trinajstić information content (AvgIpc) is 3.51. The molecule has 43 heavy (non-hydrogen) atoms. The van der Waals surface area contributed by atoms with Gasteiger partial charge in [0.15, 0.2) is 11.3 Å². The van der Waals surface area contributed by atoms with Crippen molar-refractivity contribution < 1.29 is 24.0 Å². The van der Waals surface area contributed by atoms with Gasteiger partial charge in [0.05, 0.1) is 30.4 Å². The Hall–Kier alpha value is -5.31. The van der Waals surface area contributed by atoms with E-state index < -0.39 is 10.8 Å². The fourth-order valence-electron chi connectivity index (χ4n) is 4.55. The molecule has 0 spiro atoms. The van der Waals surface area contributed by atoms with E-state index in [0.717, 1.165) is 11.8 Å². The first-order chi connectivity index (χ1) is 20.7. The Balaban J connectivity index is 1.33. The van der Waals surface area contributed by atoms with Crippen molar-refractivity contribution in [1.29, 1.82) is 0 Å². The molecule has 5 rings (SSSR count). The topological polar surface area (TPSA) is 194 Å². The van der Waals surface area contributed by atoms with Gasteiger partial charge in [-0.2, -0.15) is 5.10 Å². The van der Waals surface area contributed by atoms with Crippen LogP contribution in [0.3, 0.4) is 0 Å². The second-order valence-electron chi connectivity index (χ2n) is 9.89. The predicted molar refractivity (Wildman–Crippen MR) is 157 cm³/mol. The lowest BCUT2D eigenvalue weighted by Crippen LogP contribution is -2.32. The number of nitrogens with one attached hydrogen (secondary N) is 2. The van der Waals surface area contributed by atoms with E-state index in [0.29, 0.717) is 49.1 Å². The van der Waals surface area contributed by atoms with Crippen LogP contribution >= 0.6 is 0 Å². The van der Waals surface area contributed by atoms with Gasteiger partial charge in [0.1, 0.15) is 17.0 Å². The molecular formula is C28H31N9O6. The van der Waals surface area contributed by atoms with Gasteiger partial charge in [0.25, 0.3) is 11.6 Å². The SMILES string of the molecule is CCn1nc(C)cc1C(=O)Nc1nc2cccnc2n1C/C=C/CNc1c(OCC2COC2)cc(C(N)=O)cc1[N+](=O)[O-]. The lowest BCUT2D eigenvalue weighted by atomic mass is 10.1. The number of amides is 2. The van der Waals surface area contributed by atoms with Crippen LogP contribution < -0.4 is 21.1 Å². The second kappa shape index (κ2) is 12.7. The standard InChI is InChI=1S/C28H31N9O6/c1-3-36-22(11-17(2)34-36)27(39)33-28-32-20-7-6-9-31-26(20)35(28)10-5-4-8-30-24-21(37(40)41)12-19(25(29)38)13-23(24)43-16-18-14-42-15-18/h4-7,9,11-13,18,30H,3,8,10,14-16H2,1-2H3,(H2,29,38)(H,32,33,39)/b5-4+. The van der Waals surface area contributed by atoms with E-state index in [4.69, 9.17) is 15.2 Å². The Bertz CT molecular complexity index is 1710. The fourth-order valence-corrected chi connectivity index (χ4v) is 4.55. The number of fused-ring (bicyclic) bond motifs is 1. The monoisotopic (exact) mass is 589 g/mol. The number of carbonyl (C=O) groups is 2. The van der Waals surface area contributed by atoms with Gasteiger partial charge in [-0.3, -0.25) is 34.3 Å². The number of imidazole rings is 1. The lowest BCUT2D eigenvalue weighted by Gasteiger charge is -2.26. The number of hydrogen-bond acceptors (Lipinski definition) is 10. The van der Waals surface area contributed by atoms with Crippen LogP contribution in [-0.2, 0) is 17.8 Å². The van der Waals surface area contributed by atoms with Gasteiger partial charge in [-0.25, -0.2) is 9.97 Å². The highest BCUT2D eigenvalue weighted by Gasteiger charge is 2.25. The number of nitrogens with two attached hydrogens (primary N) is 1. The molecule has 0 bridgehead atoms. The number of nitro benzene ring substituents is 1.